The Kier molecular flexibility index (Phi) is 9.24. The highest BCUT2D eigenvalue weighted by Gasteiger charge is 2.30. The van der Waals surface area contributed by atoms with Crippen LogP contribution in [0, 0.1) is 12.8 Å². The first-order valence-corrected chi connectivity index (χ1v) is 9.12. The number of halogens is 1. The number of hydrogen-bond donors (Lipinski definition) is 3. The highest BCUT2D eigenvalue weighted by molar-refractivity contribution is 5.95. The minimum atomic E-state index is -1.50. The molecule has 0 fully saturated rings. The SMILES string of the molecule is COc1ccc(C)cc1CC(=O)N[C@H](C(=O)NC(CC(=O)O)C(=O)CF)C(C)C. The van der Waals surface area contributed by atoms with Crippen molar-refractivity contribution in [3.05, 3.63) is 29.3 Å². The van der Waals surface area contributed by atoms with Crippen molar-refractivity contribution in [2.75, 3.05) is 13.8 Å². The number of benzene rings is 1. The Morgan fingerprint density at radius 1 is 1.17 bits per heavy atom. The Morgan fingerprint density at radius 2 is 1.83 bits per heavy atom. The first kappa shape index (κ1) is 24.1. The Balaban J connectivity index is 2.90. The zero-order valence-corrected chi connectivity index (χ0v) is 17.0. The molecule has 0 aliphatic rings. The van der Waals surface area contributed by atoms with E-state index in [0.29, 0.717) is 11.3 Å². The molecule has 0 saturated heterocycles. The van der Waals surface area contributed by atoms with Gasteiger partial charge in [0.1, 0.15) is 24.5 Å². The number of alkyl halides is 1. The van der Waals surface area contributed by atoms with Gasteiger partial charge in [-0.3, -0.25) is 19.2 Å². The lowest BCUT2D eigenvalue weighted by atomic mass is 10.0. The molecule has 0 saturated carbocycles. The number of nitrogens with one attached hydrogen (secondary N) is 2. The van der Waals surface area contributed by atoms with E-state index in [2.05, 4.69) is 10.6 Å². The zero-order chi connectivity index (χ0) is 22.1. The molecular weight excluding hydrogens is 383 g/mol. The maximum Gasteiger partial charge on any atom is 0.305 e. The molecule has 1 aromatic rings. The molecular formula is C20H27FN2O6. The Hall–Kier alpha value is -2.97. The number of carbonyl (C=O) groups excluding carboxylic acids is 3. The summed E-state index contributed by atoms with van der Waals surface area (Å²) in [6, 6.07) is 2.85. The number of carboxylic acid groups (broad SMARTS) is 1. The van der Waals surface area contributed by atoms with Crippen LogP contribution in [0.15, 0.2) is 18.2 Å². The van der Waals surface area contributed by atoms with E-state index in [-0.39, 0.29) is 12.3 Å². The van der Waals surface area contributed by atoms with Gasteiger partial charge in [-0.15, -0.1) is 0 Å². The number of methoxy groups -OCH3 is 1. The number of hydrogen-bond acceptors (Lipinski definition) is 5. The van der Waals surface area contributed by atoms with Crippen LogP contribution in [-0.2, 0) is 25.6 Å². The van der Waals surface area contributed by atoms with E-state index < -0.39 is 48.7 Å². The van der Waals surface area contributed by atoms with Crippen LogP contribution in [0.2, 0.25) is 0 Å². The van der Waals surface area contributed by atoms with Crippen LogP contribution < -0.4 is 15.4 Å². The number of ketones is 1. The zero-order valence-electron chi connectivity index (χ0n) is 17.0. The monoisotopic (exact) mass is 410 g/mol. The number of ether oxygens (including phenoxy) is 1. The van der Waals surface area contributed by atoms with Gasteiger partial charge in [0.05, 0.1) is 20.0 Å². The minimum absolute atomic E-state index is 0.0384. The van der Waals surface area contributed by atoms with Gasteiger partial charge in [0.2, 0.25) is 11.8 Å². The van der Waals surface area contributed by atoms with Crippen molar-refractivity contribution < 1.29 is 33.4 Å². The number of Topliss-reactive ketones (excluding diaryl/α,β-unsaturated/α-hetero) is 1. The summed E-state index contributed by atoms with van der Waals surface area (Å²) < 4.78 is 17.9. The van der Waals surface area contributed by atoms with Crippen LogP contribution in [0.1, 0.15) is 31.4 Å². The molecule has 0 spiro atoms. The fourth-order valence-electron chi connectivity index (χ4n) is 2.75. The van der Waals surface area contributed by atoms with E-state index in [0.717, 1.165) is 5.56 Å². The predicted molar refractivity (Wildman–Crippen MR) is 103 cm³/mol. The summed E-state index contributed by atoms with van der Waals surface area (Å²) in [5.41, 5.74) is 1.58. The molecule has 0 radical (unpaired) electrons. The van der Waals surface area contributed by atoms with Crippen molar-refractivity contribution in [1.29, 1.82) is 0 Å². The van der Waals surface area contributed by atoms with E-state index in [1.54, 1.807) is 26.0 Å². The summed E-state index contributed by atoms with van der Waals surface area (Å²) in [6.45, 7) is 3.83. The van der Waals surface area contributed by atoms with Crippen molar-refractivity contribution in [1.82, 2.24) is 10.6 Å². The lowest BCUT2D eigenvalue weighted by Crippen LogP contribution is -2.54. The molecule has 0 heterocycles. The summed E-state index contributed by atoms with van der Waals surface area (Å²) in [5, 5.41) is 13.7. The summed E-state index contributed by atoms with van der Waals surface area (Å²) in [5.74, 6) is -3.42. The fourth-order valence-corrected chi connectivity index (χ4v) is 2.75. The third-order valence-electron chi connectivity index (χ3n) is 4.27. The van der Waals surface area contributed by atoms with Crippen molar-refractivity contribution in [2.24, 2.45) is 5.92 Å². The van der Waals surface area contributed by atoms with Crippen molar-refractivity contribution in [3.8, 4) is 5.75 Å². The largest absolute Gasteiger partial charge is 0.496 e. The minimum Gasteiger partial charge on any atom is -0.496 e. The van der Waals surface area contributed by atoms with E-state index in [4.69, 9.17) is 9.84 Å². The second-order valence-electron chi connectivity index (χ2n) is 7.04. The normalized spacial score (nSPS) is 12.8. The average Bonchev–Trinajstić information content (AvgIpc) is 2.64. The summed E-state index contributed by atoms with van der Waals surface area (Å²) in [6.07, 6.45) is -0.781. The molecule has 8 nitrogen and oxygen atoms in total. The van der Waals surface area contributed by atoms with Crippen LogP contribution in [0.3, 0.4) is 0 Å². The summed E-state index contributed by atoms with van der Waals surface area (Å²) in [4.78, 5) is 47.5. The quantitative estimate of drug-likeness (QED) is 0.504. The second-order valence-corrected chi connectivity index (χ2v) is 7.04. The van der Waals surface area contributed by atoms with Crippen molar-refractivity contribution >= 4 is 23.6 Å². The Bertz CT molecular complexity index is 765. The van der Waals surface area contributed by atoms with Crippen molar-refractivity contribution in [3.63, 3.8) is 0 Å². The molecule has 0 aliphatic carbocycles. The van der Waals surface area contributed by atoms with Crippen LogP contribution in [0.4, 0.5) is 4.39 Å². The lowest BCUT2D eigenvalue weighted by Gasteiger charge is -2.24. The average molecular weight is 410 g/mol. The van der Waals surface area contributed by atoms with Crippen LogP contribution >= 0.6 is 0 Å². The molecule has 2 amide bonds. The summed E-state index contributed by atoms with van der Waals surface area (Å²) >= 11 is 0. The van der Waals surface area contributed by atoms with Crippen LogP contribution in [-0.4, -0.2) is 54.5 Å². The number of aryl methyl sites for hydroxylation is 1. The van der Waals surface area contributed by atoms with Gasteiger partial charge in [-0.2, -0.15) is 0 Å². The highest BCUT2D eigenvalue weighted by atomic mass is 19.1. The fraction of sp³-hybridized carbons (Fsp3) is 0.500. The molecule has 2 atom stereocenters. The molecule has 29 heavy (non-hydrogen) atoms. The van der Waals surface area contributed by atoms with Crippen LogP contribution in [0.5, 0.6) is 5.75 Å². The van der Waals surface area contributed by atoms with Gasteiger partial charge in [-0.1, -0.05) is 31.5 Å². The van der Waals surface area contributed by atoms with E-state index >= 15 is 0 Å². The molecule has 9 heteroatoms. The first-order valence-electron chi connectivity index (χ1n) is 9.12. The Morgan fingerprint density at radius 3 is 2.34 bits per heavy atom. The molecule has 160 valence electrons. The van der Waals surface area contributed by atoms with Gasteiger partial charge >= 0.3 is 5.97 Å². The molecule has 0 aromatic heterocycles. The van der Waals surface area contributed by atoms with E-state index in [9.17, 15) is 23.6 Å². The standard InChI is InChI=1S/C20H27FN2O6/c1-11(2)19(20(28)22-14(9-18(26)27)15(24)10-21)23-17(25)8-13-7-12(3)5-6-16(13)29-4/h5-7,11,14,19H,8-10H2,1-4H3,(H,22,28)(H,23,25)(H,26,27)/t14?,19-/m0/s1. The summed E-state index contributed by atoms with van der Waals surface area (Å²) in [7, 11) is 1.49. The third kappa shape index (κ3) is 7.52. The number of amides is 2. The number of rotatable bonds is 11. The molecule has 0 aliphatic heterocycles. The van der Waals surface area contributed by atoms with Gasteiger partial charge in [0.15, 0.2) is 5.78 Å². The van der Waals surface area contributed by atoms with Gasteiger partial charge in [-0.25, -0.2) is 4.39 Å². The highest BCUT2D eigenvalue weighted by Crippen LogP contribution is 2.20. The third-order valence-corrected chi connectivity index (χ3v) is 4.27. The molecule has 1 rings (SSSR count). The van der Waals surface area contributed by atoms with Crippen LogP contribution in [0.25, 0.3) is 0 Å². The van der Waals surface area contributed by atoms with Gasteiger partial charge in [0, 0.05) is 5.56 Å². The molecule has 0 bridgehead atoms. The van der Waals surface area contributed by atoms with E-state index in [1.165, 1.54) is 7.11 Å². The first-order chi connectivity index (χ1) is 13.6. The molecule has 1 aromatic carbocycles. The smallest absolute Gasteiger partial charge is 0.305 e. The van der Waals surface area contributed by atoms with Gasteiger partial charge in [0.25, 0.3) is 0 Å². The molecule has 1 unspecified atom stereocenters. The topological polar surface area (TPSA) is 122 Å². The van der Waals surface area contributed by atoms with Gasteiger partial charge in [-0.05, 0) is 18.9 Å². The maximum absolute atomic E-state index is 12.7. The Labute approximate surface area is 168 Å². The van der Waals surface area contributed by atoms with Crippen molar-refractivity contribution in [2.45, 2.75) is 45.7 Å². The molecule has 3 N–H and O–H groups in total. The predicted octanol–water partition coefficient (Wildman–Crippen LogP) is 1.19. The second kappa shape index (κ2) is 11.1. The number of aliphatic carboxylic acids is 1. The maximum atomic E-state index is 12.7. The van der Waals surface area contributed by atoms with Gasteiger partial charge < -0.3 is 20.5 Å². The lowest BCUT2D eigenvalue weighted by molar-refractivity contribution is -0.140. The number of carboxylic acids is 1. The van der Waals surface area contributed by atoms with E-state index in [1.807, 2.05) is 13.0 Å². The number of carbonyl (C=O) groups is 4.